The summed E-state index contributed by atoms with van der Waals surface area (Å²) in [7, 11) is 0. The highest BCUT2D eigenvalue weighted by Gasteiger charge is 2.09. The van der Waals surface area contributed by atoms with Crippen molar-refractivity contribution in [3.63, 3.8) is 0 Å². The van der Waals surface area contributed by atoms with Crippen LogP contribution in [-0.2, 0) is 0 Å². The van der Waals surface area contributed by atoms with Gasteiger partial charge in [-0.15, -0.1) is 0 Å². The summed E-state index contributed by atoms with van der Waals surface area (Å²) in [6.07, 6.45) is 1.66. The molecule has 4 heteroatoms. The van der Waals surface area contributed by atoms with Crippen molar-refractivity contribution < 1.29 is 14.2 Å². The first kappa shape index (κ1) is 21.2. The van der Waals surface area contributed by atoms with Crippen molar-refractivity contribution in [2.75, 3.05) is 6.61 Å². The minimum absolute atomic E-state index is 0.458. The molecule has 0 fully saturated rings. The fourth-order valence-electron chi connectivity index (χ4n) is 2.73. The van der Waals surface area contributed by atoms with Crippen LogP contribution in [0.15, 0.2) is 89.6 Å². The van der Waals surface area contributed by atoms with Crippen LogP contribution < -0.4 is 14.2 Å². The summed E-state index contributed by atoms with van der Waals surface area (Å²) >= 11 is 0. The second kappa shape index (κ2) is 10.3. The number of hydrogen-bond donors (Lipinski definition) is 0. The summed E-state index contributed by atoms with van der Waals surface area (Å²) in [4.78, 5) is 4.71. The van der Waals surface area contributed by atoms with Gasteiger partial charge in [-0.25, -0.2) is 4.99 Å². The minimum Gasteiger partial charge on any atom is -0.494 e. The molecule has 0 amide bonds. The highest BCUT2D eigenvalue weighted by atomic mass is 16.5. The normalized spacial score (nSPS) is 11.9. The predicted molar refractivity (Wildman–Crippen MR) is 122 cm³/mol. The van der Waals surface area contributed by atoms with Gasteiger partial charge in [0.2, 0.25) is 5.90 Å². The van der Waals surface area contributed by atoms with Crippen molar-refractivity contribution in [3.05, 3.63) is 95.8 Å². The van der Waals surface area contributed by atoms with E-state index in [1.54, 1.807) is 6.26 Å². The number of aryl methyl sites for hydroxylation is 2. The molecule has 3 aromatic carbocycles. The maximum absolute atomic E-state index is 6.13. The average Bonchev–Trinajstić information content (AvgIpc) is 2.74. The van der Waals surface area contributed by atoms with E-state index in [1.807, 2.05) is 100 Å². The first-order chi connectivity index (χ1) is 14.5. The standard InChI is InChI=1S/C26H27NO3/c1-5-28-24-10-7-11-25(17-24)30-26(27-22-14-12-19(2)13-15-22)21(4)18-29-23-9-6-8-20(3)16-23/h6-18H,5H2,1-4H3. The molecule has 4 nitrogen and oxygen atoms in total. The van der Waals surface area contributed by atoms with Crippen LogP contribution in [0.5, 0.6) is 17.2 Å². The molecule has 0 heterocycles. The molecule has 30 heavy (non-hydrogen) atoms. The highest BCUT2D eigenvalue weighted by Crippen LogP contribution is 2.23. The molecule has 0 bridgehead atoms. The molecule has 3 rings (SSSR count). The Morgan fingerprint density at radius 2 is 1.53 bits per heavy atom. The van der Waals surface area contributed by atoms with Gasteiger partial charge >= 0.3 is 0 Å². The van der Waals surface area contributed by atoms with Crippen LogP contribution in [0, 0.1) is 13.8 Å². The lowest BCUT2D eigenvalue weighted by molar-refractivity contribution is 0.339. The Bertz CT molecular complexity index is 1040. The fraction of sp³-hybridized carbons (Fsp3) is 0.192. The number of hydrogen-bond acceptors (Lipinski definition) is 4. The van der Waals surface area contributed by atoms with E-state index in [-0.39, 0.29) is 0 Å². The summed E-state index contributed by atoms with van der Waals surface area (Å²) in [5, 5.41) is 0. The highest BCUT2D eigenvalue weighted by molar-refractivity contribution is 5.96. The average molecular weight is 402 g/mol. The quantitative estimate of drug-likeness (QED) is 0.248. The Hall–Kier alpha value is -3.53. The Kier molecular flexibility index (Phi) is 7.28. The molecule has 0 atom stereocenters. The summed E-state index contributed by atoms with van der Waals surface area (Å²) in [5.74, 6) is 2.62. The van der Waals surface area contributed by atoms with Crippen LogP contribution in [-0.4, -0.2) is 12.5 Å². The van der Waals surface area contributed by atoms with Crippen molar-refractivity contribution in [1.82, 2.24) is 0 Å². The fourth-order valence-corrected chi connectivity index (χ4v) is 2.73. The van der Waals surface area contributed by atoms with Crippen molar-refractivity contribution >= 4 is 11.6 Å². The maximum Gasteiger partial charge on any atom is 0.225 e. The zero-order valence-corrected chi connectivity index (χ0v) is 17.9. The molecule has 0 spiro atoms. The van der Waals surface area contributed by atoms with Gasteiger partial charge in [0.25, 0.3) is 0 Å². The zero-order chi connectivity index (χ0) is 21.3. The van der Waals surface area contributed by atoms with Gasteiger partial charge in [0.05, 0.1) is 18.6 Å². The number of benzene rings is 3. The smallest absolute Gasteiger partial charge is 0.225 e. The van der Waals surface area contributed by atoms with E-state index in [1.165, 1.54) is 5.56 Å². The van der Waals surface area contributed by atoms with Crippen LogP contribution in [0.3, 0.4) is 0 Å². The van der Waals surface area contributed by atoms with E-state index in [9.17, 15) is 0 Å². The molecule has 3 aromatic rings. The second-order valence-electron chi connectivity index (χ2n) is 7.00. The van der Waals surface area contributed by atoms with Gasteiger partial charge in [-0.2, -0.15) is 0 Å². The Balaban J connectivity index is 1.89. The zero-order valence-electron chi connectivity index (χ0n) is 17.9. The topological polar surface area (TPSA) is 40.0 Å². The third-order valence-corrected chi connectivity index (χ3v) is 4.29. The molecule has 0 saturated heterocycles. The molecule has 0 unspecified atom stereocenters. The van der Waals surface area contributed by atoms with E-state index in [4.69, 9.17) is 19.2 Å². The van der Waals surface area contributed by atoms with E-state index in [0.29, 0.717) is 18.3 Å². The molecule has 0 radical (unpaired) electrons. The van der Waals surface area contributed by atoms with Crippen LogP contribution >= 0.6 is 0 Å². The largest absolute Gasteiger partial charge is 0.494 e. The third kappa shape index (κ3) is 6.24. The van der Waals surface area contributed by atoms with Crippen molar-refractivity contribution in [2.24, 2.45) is 4.99 Å². The summed E-state index contributed by atoms with van der Waals surface area (Å²) < 4.78 is 17.5. The van der Waals surface area contributed by atoms with Gasteiger partial charge in [0, 0.05) is 11.6 Å². The molecular formula is C26H27NO3. The monoisotopic (exact) mass is 401 g/mol. The van der Waals surface area contributed by atoms with E-state index in [0.717, 1.165) is 28.3 Å². The molecule has 0 aliphatic rings. The lowest BCUT2D eigenvalue weighted by atomic mass is 10.2. The molecular weight excluding hydrogens is 374 g/mol. The van der Waals surface area contributed by atoms with Crippen LogP contribution in [0.2, 0.25) is 0 Å². The predicted octanol–water partition coefficient (Wildman–Crippen LogP) is 6.79. The molecule has 0 aliphatic carbocycles. The lowest BCUT2D eigenvalue weighted by Gasteiger charge is -2.12. The van der Waals surface area contributed by atoms with Gasteiger partial charge in [-0.1, -0.05) is 35.9 Å². The van der Waals surface area contributed by atoms with Crippen molar-refractivity contribution in [2.45, 2.75) is 27.7 Å². The Labute approximate surface area is 178 Å². The van der Waals surface area contributed by atoms with Crippen molar-refractivity contribution in [3.8, 4) is 17.2 Å². The Morgan fingerprint density at radius 1 is 0.833 bits per heavy atom. The first-order valence-corrected chi connectivity index (χ1v) is 10.00. The molecule has 0 saturated carbocycles. The Morgan fingerprint density at radius 3 is 2.27 bits per heavy atom. The molecule has 0 N–H and O–H groups in total. The lowest BCUT2D eigenvalue weighted by Crippen LogP contribution is -2.11. The van der Waals surface area contributed by atoms with E-state index in [2.05, 4.69) is 0 Å². The van der Waals surface area contributed by atoms with Gasteiger partial charge < -0.3 is 14.2 Å². The summed E-state index contributed by atoms with van der Waals surface area (Å²) in [6.45, 7) is 8.53. The second-order valence-corrected chi connectivity index (χ2v) is 7.00. The maximum atomic E-state index is 6.13. The number of nitrogens with zero attached hydrogens (tertiary/aromatic N) is 1. The molecule has 0 aromatic heterocycles. The molecule has 154 valence electrons. The van der Waals surface area contributed by atoms with Gasteiger partial charge in [-0.05, 0) is 69.7 Å². The van der Waals surface area contributed by atoms with E-state index >= 15 is 0 Å². The van der Waals surface area contributed by atoms with Gasteiger partial charge in [0.1, 0.15) is 17.2 Å². The first-order valence-electron chi connectivity index (χ1n) is 10.00. The van der Waals surface area contributed by atoms with Crippen molar-refractivity contribution in [1.29, 1.82) is 0 Å². The summed E-state index contributed by atoms with van der Waals surface area (Å²) in [5.41, 5.74) is 3.88. The number of rotatable bonds is 7. The van der Waals surface area contributed by atoms with Crippen LogP contribution in [0.1, 0.15) is 25.0 Å². The number of ether oxygens (including phenoxy) is 3. The van der Waals surface area contributed by atoms with Gasteiger partial charge in [-0.3, -0.25) is 0 Å². The van der Waals surface area contributed by atoms with Gasteiger partial charge in [0.15, 0.2) is 0 Å². The SMILES string of the molecule is CCOc1cccc(OC(=Nc2ccc(C)cc2)C(C)=COc2cccc(C)c2)c1. The third-order valence-electron chi connectivity index (χ3n) is 4.29. The van der Waals surface area contributed by atoms with Crippen LogP contribution in [0.25, 0.3) is 0 Å². The number of aliphatic imine (C=N–C) groups is 1. The molecule has 0 aliphatic heterocycles. The minimum atomic E-state index is 0.458. The van der Waals surface area contributed by atoms with E-state index < -0.39 is 0 Å². The summed E-state index contributed by atoms with van der Waals surface area (Å²) in [6, 6.07) is 23.4. The van der Waals surface area contributed by atoms with Crippen LogP contribution in [0.4, 0.5) is 5.69 Å².